The van der Waals surface area contributed by atoms with Gasteiger partial charge in [-0.25, -0.2) is 4.79 Å². The molecule has 0 saturated heterocycles. The number of amides is 1. The molecule has 1 amide bonds. The van der Waals surface area contributed by atoms with Crippen LogP contribution < -0.4 is 9.64 Å². The number of carbonyl (C=O) groups is 2. The van der Waals surface area contributed by atoms with E-state index in [9.17, 15) is 9.90 Å². The van der Waals surface area contributed by atoms with Crippen LogP contribution in [0.3, 0.4) is 0 Å². The lowest BCUT2D eigenvalue weighted by molar-refractivity contribution is 0.0687. The molecule has 264 valence electrons. The minimum atomic E-state index is -1.09. The second-order valence-corrected chi connectivity index (χ2v) is 14.6. The predicted octanol–water partition coefficient (Wildman–Crippen LogP) is 9.14. The zero-order valence-electron chi connectivity index (χ0n) is 30.1. The fourth-order valence-corrected chi connectivity index (χ4v) is 8.33. The Hall–Kier alpha value is -4.73. The third kappa shape index (κ3) is 5.49. The van der Waals surface area contributed by atoms with Crippen molar-refractivity contribution in [3.05, 3.63) is 97.5 Å². The van der Waals surface area contributed by atoms with Crippen LogP contribution in [-0.2, 0) is 27.1 Å². The molecule has 6 aromatic rings. The van der Waals surface area contributed by atoms with Crippen molar-refractivity contribution < 1.29 is 19.4 Å². The number of ether oxygens (including phenoxy) is 1. The largest absolute Gasteiger partial charge is 0.494 e. The van der Waals surface area contributed by atoms with Crippen molar-refractivity contribution in [2.45, 2.75) is 67.0 Å². The van der Waals surface area contributed by atoms with E-state index in [2.05, 4.69) is 4.57 Å². The molecule has 1 N–H and O–H groups in total. The van der Waals surface area contributed by atoms with Crippen molar-refractivity contribution in [2.24, 2.45) is 14.1 Å². The fourth-order valence-electron chi connectivity index (χ4n) is 7.97. The highest BCUT2D eigenvalue weighted by Crippen LogP contribution is 2.45. The minimum Gasteiger partial charge on any atom is -0.494 e. The molecule has 51 heavy (non-hydrogen) atoms. The van der Waals surface area contributed by atoms with Gasteiger partial charge in [0.1, 0.15) is 11.4 Å². The average Bonchev–Trinajstić information content (AvgIpc) is 3.63. The lowest BCUT2D eigenvalue weighted by Gasteiger charge is -2.35. The Morgan fingerprint density at radius 2 is 1.67 bits per heavy atom. The molecule has 0 spiro atoms. The number of aryl methyl sites for hydroxylation is 7. The van der Waals surface area contributed by atoms with Gasteiger partial charge in [-0.15, -0.1) is 0 Å². The van der Waals surface area contributed by atoms with Crippen molar-refractivity contribution in [3.8, 4) is 16.9 Å². The van der Waals surface area contributed by atoms with Crippen LogP contribution in [0.1, 0.15) is 68.0 Å². The molecule has 0 radical (unpaired) electrons. The molecule has 1 atom stereocenters. The van der Waals surface area contributed by atoms with Crippen LogP contribution in [0.2, 0.25) is 10.0 Å². The van der Waals surface area contributed by atoms with Crippen LogP contribution in [0.5, 0.6) is 5.75 Å². The molecule has 3 aromatic carbocycles. The molecular weight excluding hydrogens is 685 g/mol. The van der Waals surface area contributed by atoms with Gasteiger partial charge in [0.05, 0.1) is 40.1 Å². The van der Waals surface area contributed by atoms with Crippen molar-refractivity contribution in [1.29, 1.82) is 0 Å². The maximum Gasteiger partial charge on any atom is 0.354 e. The van der Waals surface area contributed by atoms with Crippen molar-refractivity contribution in [2.75, 3.05) is 11.5 Å². The topological polar surface area (TPSA) is 94.5 Å². The summed E-state index contributed by atoms with van der Waals surface area (Å²) in [6, 6.07) is 13.2. The number of aromatic carboxylic acids is 1. The maximum atomic E-state index is 15.2. The number of fused-ring (bicyclic) bond motifs is 4. The molecular formula is C40H41Cl2N5O4. The molecule has 3 aromatic heterocycles. The second-order valence-electron chi connectivity index (χ2n) is 13.9. The van der Waals surface area contributed by atoms with Crippen LogP contribution in [0.4, 0.5) is 5.69 Å². The quantitative estimate of drug-likeness (QED) is 0.158. The number of nitrogens with zero attached hydrogens (tertiary/aromatic N) is 5. The van der Waals surface area contributed by atoms with Crippen molar-refractivity contribution in [1.82, 2.24) is 18.9 Å². The highest BCUT2D eigenvalue weighted by molar-refractivity contribution is 6.35. The smallest absolute Gasteiger partial charge is 0.354 e. The SMILES string of the molecule is Cc1ccc2c(N3C(=O)c4c(CCCOc5cc(C)c(Cl)c(C)c5)c5ccc(Cl)c(-c6c(C)nn(C)c6C)c5n4C[C@H]3C)c(C(=O)O)n(C)c2c1. The Balaban J connectivity index is 1.41. The lowest BCUT2D eigenvalue weighted by atomic mass is 9.98. The normalized spacial score (nSPS) is 14.6. The molecule has 9 nitrogen and oxygen atoms in total. The number of carboxylic acid groups (broad SMARTS) is 1. The summed E-state index contributed by atoms with van der Waals surface area (Å²) in [5, 5.41) is 18.2. The number of halogens is 2. The number of anilines is 1. The third-order valence-corrected chi connectivity index (χ3v) is 11.3. The first-order chi connectivity index (χ1) is 24.2. The molecule has 0 bridgehead atoms. The van der Waals surface area contributed by atoms with Crippen LogP contribution in [0, 0.1) is 34.6 Å². The standard InChI is InChI=1S/C40H41Cl2N5O4/c1-20-11-12-29-31(16-20)44(7)38(40(49)50)36(29)47-23(4)19-46-35-28(13-14-30(41)33(35)32-24(5)43-45(8)25(32)6)27(37(46)39(47)48)10-9-15-51-26-17-21(2)34(42)22(3)18-26/h11-14,16-18,23H,9-10,15,19H2,1-8H3,(H,49,50)/t23-/m1/s1. The molecule has 11 heteroatoms. The highest BCUT2D eigenvalue weighted by atomic mass is 35.5. The van der Waals surface area contributed by atoms with E-state index in [1.165, 1.54) is 0 Å². The predicted molar refractivity (Wildman–Crippen MR) is 204 cm³/mol. The summed E-state index contributed by atoms with van der Waals surface area (Å²) < 4.78 is 11.8. The summed E-state index contributed by atoms with van der Waals surface area (Å²) in [6.45, 7) is 12.7. The first kappa shape index (κ1) is 34.7. The van der Waals surface area contributed by atoms with Gasteiger partial charge in [0.15, 0.2) is 5.69 Å². The number of carboxylic acids is 1. The van der Waals surface area contributed by atoms with E-state index in [1.807, 2.05) is 95.7 Å². The number of carbonyl (C=O) groups excluding carboxylic acids is 1. The van der Waals surface area contributed by atoms with Gasteiger partial charge >= 0.3 is 5.97 Å². The summed E-state index contributed by atoms with van der Waals surface area (Å²) in [5.41, 5.74) is 10.0. The van der Waals surface area contributed by atoms with Gasteiger partial charge in [0, 0.05) is 53.3 Å². The van der Waals surface area contributed by atoms with E-state index < -0.39 is 5.97 Å². The van der Waals surface area contributed by atoms with Crippen LogP contribution in [0.25, 0.3) is 32.9 Å². The number of hydrogen-bond donors (Lipinski definition) is 1. The van der Waals surface area contributed by atoms with Gasteiger partial charge in [-0.3, -0.25) is 14.4 Å². The molecule has 0 fully saturated rings. The second kappa shape index (κ2) is 12.8. The number of aromatic nitrogens is 4. The van der Waals surface area contributed by atoms with Crippen LogP contribution in [0.15, 0.2) is 42.5 Å². The zero-order valence-corrected chi connectivity index (χ0v) is 31.6. The van der Waals surface area contributed by atoms with Gasteiger partial charge in [-0.2, -0.15) is 5.10 Å². The Bertz CT molecular complexity index is 2410. The summed E-state index contributed by atoms with van der Waals surface area (Å²) in [4.78, 5) is 29.7. The molecule has 0 aliphatic carbocycles. The van der Waals surface area contributed by atoms with E-state index in [-0.39, 0.29) is 17.6 Å². The van der Waals surface area contributed by atoms with Crippen LogP contribution >= 0.6 is 23.2 Å². The number of hydrogen-bond acceptors (Lipinski definition) is 4. The molecule has 0 unspecified atom stereocenters. The van der Waals surface area contributed by atoms with Gasteiger partial charge in [-0.1, -0.05) is 41.4 Å². The summed E-state index contributed by atoms with van der Waals surface area (Å²) in [5.74, 6) is -0.588. The molecule has 4 heterocycles. The summed E-state index contributed by atoms with van der Waals surface area (Å²) in [7, 11) is 3.66. The minimum absolute atomic E-state index is 0.0780. The fraction of sp³-hybridized carbons (Fsp3) is 0.325. The van der Waals surface area contributed by atoms with Gasteiger partial charge in [0.25, 0.3) is 5.91 Å². The molecule has 1 aliphatic rings. The number of benzene rings is 3. The average molecular weight is 727 g/mol. The number of rotatable bonds is 8. The lowest BCUT2D eigenvalue weighted by Crippen LogP contribution is -2.47. The molecule has 7 rings (SSSR count). The van der Waals surface area contributed by atoms with Gasteiger partial charge in [-0.05, 0) is 101 Å². The van der Waals surface area contributed by atoms with E-state index >= 15 is 4.79 Å². The Kier molecular flexibility index (Phi) is 8.71. The summed E-state index contributed by atoms with van der Waals surface area (Å²) >= 11 is 13.5. The van der Waals surface area contributed by atoms with Crippen molar-refractivity contribution >= 4 is 62.6 Å². The van der Waals surface area contributed by atoms with Gasteiger partial charge in [0.2, 0.25) is 0 Å². The Labute approximate surface area is 306 Å². The first-order valence-corrected chi connectivity index (χ1v) is 17.9. The van der Waals surface area contributed by atoms with Crippen LogP contribution in [-0.4, -0.2) is 48.5 Å². The monoisotopic (exact) mass is 725 g/mol. The van der Waals surface area contributed by atoms with E-state index in [0.717, 1.165) is 77.3 Å². The maximum absolute atomic E-state index is 15.2. The van der Waals surface area contributed by atoms with Crippen molar-refractivity contribution in [3.63, 3.8) is 0 Å². The third-order valence-electron chi connectivity index (χ3n) is 10.4. The van der Waals surface area contributed by atoms with Gasteiger partial charge < -0.3 is 19.0 Å². The Morgan fingerprint density at radius 1 is 0.980 bits per heavy atom. The highest BCUT2D eigenvalue weighted by Gasteiger charge is 2.40. The van der Waals surface area contributed by atoms with E-state index in [4.69, 9.17) is 33.0 Å². The Morgan fingerprint density at radius 3 is 2.31 bits per heavy atom. The first-order valence-electron chi connectivity index (χ1n) is 17.1. The van der Waals surface area contributed by atoms with E-state index in [1.54, 1.807) is 16.5 Å². The molecule has 0 saturated carbocycles. The summed E-state index contributed by atoms with van der Waals surface area (Å²) in [6.07, 6.45) is 1.18. The molecule has 1 aliphatic heterocycles. The zero-order chi connectivity index (χ0) is 36.6. The van der Waals surface area contributed by atoms with E-state index in [0.29, 0.717) is 42.4 Å².